The molecule has 168 valence electrons. The Labute approximate surface area is 189 Å². The lowest BCUT2D eigenvalue weighted by molar-refractivity contribution is -0.119. The van der Waals surface area contributed by atoms with Crippen LogP contribution in [0.2, 0.25) is 0 Å². The standard InChI is InChI=1S/C25H28N2O4S/c1-19-13-14-20(2)23(17-19)27(32(29,30)22-10-5-4-6-11-22)18-25(28)26-15-16-31-24-12-8-7-9-21(24)3/h4-14,17H,15-16,18H2,1-3H3,(H,26,28). The first-order chi connectivity index (χ1) is 15.3. The van der Waals surface area contributed by atoms with E-state index in [9.17, 15) is 13.2 Å². The minimum atomic E-state index is -3.93. The summed E-state index contributed by atoms with van der Waals surface area (Å²) in [5, 5.41) is 2.76. The summed E-state index contributed by atoms with van der Waals surface area (Å²) in [7, 11) is -3.93. The van der Waals surface area contributed by atoms with E-state index >= 15 is 0 Å². The number of benzene rings is 3. The molecule has 0 heterocycles. The summed E-state index contributed by atoms with van der Waals surface area (Å²) in [5.74, 6) is 0.351. The zero-order valence-corrected chi connectivity index (χ0v) is 19.4. The van der Waals surface area contributed by atoms with Gasteiger partial charge in [-0.3, -0.25) is 9.10 Å². The number of rotatable bonds is 9. The average molecular weight is 453 g/mol. The molecule has 3 rings (SSSR count). The molecular weight excluding hydrogens is 424 g/mol. The van der Waals surface area contributed by atoms with Crippen molar-refractivity contribution in [3.8, 4) is 5.75 Å². The maximum Gasteiger partial charge on any atom is 0.264 e. The molecule has 3 aromatic carbocycles. The first kappa shape index (κ1) is 23.3. The first-order valence-corrected chi connectivity index (χ1v) is 11.8. The van der Waals surface area contributed by atoms with E-state index in [-0.39, 0.29) is 24.6 Å². The van der Waals surface area contributed by atoms with Crippen LogP contribution in [0, 0.1) is 20.8 Å². The molecule has 0 aliphatic rings. The summed E-state index contributed by atoms with van der Waals surface area (Å²) < 4.78 is 33.7. The summed E-state index contributed by atoms with van der Waals surface area (Å²) in [5.41, 5.74) is 3.17. The van der Waals surface area contributed by atoms with E-state index in [0.717, 1.165) is 22.4 Å². The Morgan fingerprint density at radius 1 is 0.906 bits per heavy atom. The van der Waals surface area contributed by atoms with Crippen molar-refractivity contribution >= 4 is 21.6 Å². The molecule has 0 radical (unpaired) electrons. The van der Waals surface area contributed by atoms with Gasteiger partial charge >= 0.3 is 0 Å². The van der Waals surface area contributed by atoms with Crippen LogP contribution >= 0.6 is 0 Å². The van der Waals surface area contributed by atoms with Gasteiger partial charge in [0.1, 0.15) is 18.9 Å². The molecule has 1 N–H and O–H groups in total. The predicted molar refractivity (Wildman–Crippen MR) is 127 cm³/mol. The number of sulfonamides is 1. The van der Waals surface area contributed by atoms with Gasteiger partial charge in [0.25, 0.3) is 10.0 Å². The van der Waals surface area contributed by atoms with Crippen molar-refractivity contribution in [1.82, 2.24) is 5.32 Å². The highest BCUT2D eigenvalue weighted by molar-refractivity contribution is 7.92. The number of aryl methyl sites for hydroxylation is 3. The van der Waals surface area contributed by atoms with Crippen LogP contribution in [0.1, 0.15) is 16.7 Å². The molecule has 0 aliphatic carbocycles. The van der Waals surface area contributed by atoms with E-state index in [1.54, 1.807) is 24.3 Å². The number of amides is 1. The molecule has 0 saturated heterocycles. The Balaban J connectivity index is 1.75. The maximum absolute atomic E-state index is 13.4. The molecular formula is C25H28N2O4S. The van der Waals surface area contributed by atoms with Gasteiger partial charge in [-0.15, -0.1) is 0 Å². The van der Waals surface area contributed by atoms with Gasteiger partial charge in [0.05, 0.1) is 17.1 Å². The van der Waals surface area contributed by atoms with Crippen molar-refractivity contribution in [2.75, 3.05) is 24.0 Å². The second-order valence-corrected chi connectivity index (χ2v) is 9.44. The largest absolute Gasteiger partial charge is 0.491 e. The lowest BCUT2D eigenvalue weighted by Crippen LogP contribution is -2.42. The minimum absolute atomic E-state index is 0.136. The Morgan fingerprint density at radius 2 is 1.59 bits per heavy atom. The lowest BCUT2D eigenvalue weighted by atomic mass is 10.1. The second-order valence-electron chi connectivity index (χ2n) is 7.58. The van der Waals surface area contributed by atoms with Crippen LogP contribution in [-0.2, 0) is 14.8 Å². The highest BCUT2D eigenvalue weighted by Crippen LogP contribution is 2.27. The predicted octanol–water partition coefficient (Wildman–Crippen LogP) is 4.00. The Hall–Kier alpha value is -3.32. The molecule has 0 bridgehead atoms. The zero-order valence-electron chi connectivity index (χ0n) is 18.5. The summed E-state index contributed by atoms with van der Waals surface area (Å²) in [6, 6.07) is 21.3. The highest BCUT2D eigenvalue weighted by Gasteiger charge is 2.28. The molecule has 0 atom stereocenters. The zero-order chi connectivity index (χ0) is 23.1. The monoisotopic (exact) mass is 452 g/mol. The fraction of sp³-hybridized carbons (Fsp3) is 0.240. The fourth-order valence-electron chi connectivity index (χ4n) is 3.26. The molecule has 0 aliphatic heterocycles. The van der Waals surface area contributed by atoms with Crippen LogP contribution in [0.5, 0.6) is 5.75 Å². The highest BCUT2D eigenvalue weighted by atomic mass is 32.2. The summed E-state index contributed by atoms with van der Waals surface area (Å²) in [6.07, 6.45) is 0. The number of nitrogens with zero attached hydrogens (tertiary/aromatic N) is 1. The van der Waals surface area contributed by atoms with Gasteiger partial charge in [0.15, 0.2) is 0 Å². The van der Waals surface area contributed by atoms with Gasteiger partial charge in [-0.05, 0) is 61.7 Å². The molecule has 3 aromatic rings. The van der Waals surface area contributed by atoms with Gasteiger partial charge in [0, 0.05) is 0 Å². The van der Waals surface area contributed by atoms with Crippen molar-refractivity contribution in [3.63, 3.8) is 0 Å². The van der Waals surface area contributed by atoms with Crippen LogP contribution in [0.3, 0.4) is 0 Å². The Morgan fingerprint density at radius 3 is 2.31 bits per heavy atom. The van der Waals surface area contributed by atoms with Gasteiger partial charge in [-0.25, -0.2) is 8.42 Å². The molecule has 0 spiro atoms. The minimum Gasteiger partial charge on any atom is -0.491 e. The third kappa shape index (κ3) is 5.68. The first-order valence-electron chi connectivity index (χ1n) is 10.4. The van der Waals surface area contributed by atoms with Crippen LogP contribution in [0.25, 0.3) is 0 Å². The molecule has 6 nitrogen and oxygen atoms in total. The van der Waals surface area contributed by atoms with Gasteiger partial charge in [-0.1, -0.05) is 48.5 Å². The van der Waals surface area contributed by atoms with E-state index < -0.39 is 15.9 Å². The smallest absolute Gasteiger partial charge is 0.264 e. The quantitative estimate of drug-likeness (QED) is 0.498. The van der Waals surface area contributed by atoms with Crippen molar-refractivity contribution in [2.24, 2.45) is 0 Å². The summed E-state index contributed by atoms with van der Waals surface area (Å²) in [4.78, 5) is 12.8. The molecule has 0 aromatic heterocycles. The SMILES string of the molecule is Cc1ccc(C)c(N(CC(=O)NCCOc2ccccc2C)S(=O)(=O)c2ccccc2)c1. The molecule has 0 unspecified atom stereocenters. The van der Waals surface area contributed by atoms with Crippen LogP contribution < -0.4 is 14.4 Å². The third-order valence-electron chi connectivity index (χ3n) is 5.03. The Kier molecular flexibility index (Phi) is 7.53. The van der Waals surface area contributed by atoms with E-state index in [4.69, 9.17) is 4.74 Å². The molecule has 7 heteroatoms. The normalized spacial score (nSPS) is 11.1. The summed E-state index contributed by atoms with van der Waals surface area (Å²) >= 11 is 0. The van der Waals surface area contributed by atoms with Gasteiger partial charge < -0.3 is 10.1 Å². The van der Waals surface area contributed by atoms with E-state index in [1.807, 2.05) is 57.2 Å². The van der Waals surface area contributed by atoms with Crippen molar-refractivity contribution in [1.29, 1.82) is 0 Å². The van der Waals surface area contributed by atoms with Gasteiger partial charge in [-0.2, -0.15) is 0 Å². The molecule has 32 heavy (non-hydrogen) atoms. The summed E-state index contributed by atoms with van der Waals surface area (Å²) in [6.45, 7) is 5.89. The number of anilines is 1. The number of hydrogen-bond donors (Lipinski definition) is 1. The van der Waals surface area contributed by atoms with E-state index in [2.05, 4.69) is 5.32 Å². The van der Waals surface area contributed by atoms with Crippen LogP contribution in [-0.4, -0.2) is 34.0 Å². The van der Waals surface area contributed by atoms with Crippen molar-refractivity contribution in [2.45, 2.75) is 25.7 Å². The number of nitrogens with one attached hydrogen (secondary N) is 1. The number of para-hydroxylation sites is 1. The third-order valence-corrected chi connectivity index (χ3v) is 6.80. The Bertz CT molecular complexity index is 1180. The molecule has 1 amide bonds. The van der Waals surface area contributed by atoms with Crippen molar-refractivity contribution in [3.05, 3.63) is 89.5 Å². The molecule has 0 fully saturated rings. The lowest BCUT2D eigenvalue weighted by Gasteiger charge is -2.26. The molecule has 0 saturated carbocycles. The fourth-order valence-corrected chi connectivity index (χ4v) is 4.76. The number of carbonyl (C=O) groups excluding carboxylic acids is 1. The number of carbonyl (C=O) groups is 1. The van der Waals surface area contributed by atoms with E-state index in [1.165, 1.54) is 16.4 Å². The second kappa shape index (κ2) is 10.3. The average Bonchev–Trinajstić information content (AvgIpc) is 2.78. The number of hydrogen-bond acceptors (Lipinski definition) is 4. The van der Waals surface area contributed by atoms with Crippen molar-refractivity contribution < 1.29 is 17.9 Å². The van der Waals surface area contributed by atoms with Gasteiger partial charge in [0.2, 0.25) is 5.91 Å². The van der Waals surface area contributed by atoms with Crippen LogP contribution in [0.15, 0.2) is 77.7 Å². The van der Waals surface area contributed by atoms with Crippen LogP contribution in [0.4, 0.5) is 5.69 Å². The number of ether oxygens (including phenoxy) is 1. The topological polar surface area (TPSA) is 75.7 Å². The maximum atomic E-state index is 13.4. The van der Waals surface area contributed by atoms with E-state index in [0.29, 0.717) is 5.69 Å².